The van der Waals surface area contributed by atoms with Crippen molar-refractivity contribution >= 4 is 40.0 Å². The van der Waals surface area contributed by atoms with Gasteiger partial charge in [0.15, 0.2) is 5.96 Å². The van der Waals surface area contributed by atoms with Crippen molar-refractivity contribution in [3.05, 3.63) is 29.3 Å². The first kappa shape index (κ1) is 25.0. The van der Waals surface area contributed by atoms with Crippen LogP contribution in [0.1, 0.15) is 43.7 Å². The Labute approximate surface area is 186 Å². The third kappa shape index (κ3) is 9.42. The van der Waals surface area contributed by atoms with Gasteiger partial charge in [-0.1, -0.05) is 12.1 Å². The van der Waals surface area contributed by atoms with Crippen molar-refractivity contribution in [1.29, 1.82) is 0 Å². The Bertz CT molecular complexity index is 735. The molecule has 0 atom stereocenters. The van der Waals surface area contributed by atoms with E-state index in [0.717, 1.165) is 37.0 Å². The Kier molecular flexibility index (Phi) is 11.1. The van der Waals surface area contributed by atoms with Crippen LogP contribution in [0.25, 0.3) is 0 Å². The fourth-order valence-electron chi connectivity index (χ4n) is 3.01. The number of rotatable bonds is 9. The molecule has 2 rings (SSSR count). The van der Waals surface area contributed by atoms with Gasteiger partial charge in [-0.15, -0.1) is 24.0 Å². The van der Waals surface area contributed by atoms with Gasteiger partial charge in [0, 0.05) is 25.2 Å². The van der Waals surface area contributed by atoms with Crippen LogP contribution < -0.4 is 20.1 Å². The molecule has 7 nitrogen and oxygen atoms in total. The SMILES string of the molecule is CCNC(=NCc1ccc(C)cc1OC1CCCC1)NCCNS(C)(=O)=O.I. The van der Waals surface area contributed by atoms with Crippen molar-refractivity contribution in [3.8, 4) is 5.75 Å². The monoisotopic (exact) mass is 524 g/mol. The number of ether oxygens (including phenoxy) is 1. The maximum atomic E-state index is 11.1. The minimum atomic E-state index is -3.18. The zero-order valence-electron chi connectivity index (χ0n) is 17.0. The summed E-state index contributed by atoms with van der Waals surface area (Å²) in [7, 11) is -3.18. The van der Waals surface area contributed by atoms with Crippen LogP contribution in [0.5, 0.6) is 5.75 Å². The van der Waals surface area contributed by atoms with Crippen LogP contribution in [0, 0.1) is 6.92 Å². The van der Waals surface area contributed by atoms with Gasteiger partial charge in [-0.25, -0.2) is 18.1 Å². The Hall–Kier alpha value is -1.07. The molecule has 0 saturated heterocycles. The van der Waals surface area contributed by atoms with Gasteiger partial charge in [-0.3, -0.25) is 0 Å². The van der Waals surface area contributed by atoms with Crippen molar-refractivity contribution < 1.29 is 13.2 Å². The molecule has 0 radical (unpaired) electrons. The van der Waals surface area contributed by atoms with Crippen LogP contribution >= 0.6 is 24.0 Å². The van der Waals surface area contributed by atoms with Gasteiger partial charge in [0.25, 0.3) is 0 Å². The summed E-state index contributed by atoms with van der Waals surface area (Å²) in [5.74, 6) is 1.57. The molecule has 1 aliphatic carbocycles. The number of halogens is 1. The van der Waals surface area contributed by atoms with Crippen molar-refractivity contribution in [3.63, 3.8) is 0 Å². The zero-order valence-corrected chi connectivity index (χ0v) is 20.1. The third-order valence-corrected chi connectivity index (χ3v) is 5.08. The van der Waals surface area contributed by atoms with E-state index in [-0.39, 0.29) is 24.0 Å². The Morgan fingerprint density at radius 1 is 1.21 bits per heavy atom. The molecule has 0 heterocycles. The number of hydrogen-bond acceptors (Lipinski definition) is 4. The van der Waals surface area contributed by atoms with E-state index in [1.807, 2.05) is 6.92 Å². The average Bonchev–Trinajstić information content (AvgIpc) is 3.10. The first-order valence-electron chi connectivity index (χ1n) is 9.60. The van der Waals surface area contributed by atoms with Crippen LogP contribution in [-0.4, -0.2) is 46.4 Å². The van der Waals surface area contributed by atoms with Gasteiger partial charge in [0.05, 0.1) is 18.9 Å². The second-order valence-electron chi connectivity index (χ2n) is 6.92. The normalized spacial score (nSPS) is 15.2. The number of nitrogens with zero attached hydrogens (tertiary/aromatic N) is 1. The largest absolute Gasteiger partial charge is 0.490 e. The summed E-state index contributed by atoms with van der Waals surface area (Å²) in [6.07, 6.45) is 6.17. The number of hydrogen-bond donors (Lipinski definition) is 3. The van der Waals surface area contributed by atoms with Gasteiger partial charge < -0.3 is 15.4 Å². The molecule has 0 spiro atoms. The lowest BCUT2D eigenvalue weighted by molar-refractivity contribution is 0.208. The maximum absolute atomic E-state index is 11.1. The first-order valence-corrected chi connectivity index (χ1v) is 11.5. The van der Waals surface area contributed by atoms with Crippen molar-refractivity contribution in [1.82, 2.24) is 15.4 Å². The second-order valence-corrected chi connectivity index (χ2v) is 8.76. The molecule has 160 valence electrons. The summed E-state index contributed by atoms with van der Waals surface area (Å²) >= 11 is 0. The molecule has 1 aliphatic rings. The third-order valence-electron chi connectivity index (χ3n) is 4.35. The highest BCUT2D eigenvalue weighted by atomic mass is 127. The molecule has 1 fully saturated rings. The summed E-state index contributed by atoms with van der Waals surface area (Å²) in [4.78, 5) is 4.62. The summed E-state index contributed by atoms with van der Waals surface area (Å²) in [6.45, 7) is 6.05. The Morgan fingerprint density at radius 3 is 2.57 bits per heavy atom. The molecular weight excluding hydrogens is 491 g/mol. The van der Waals surface area contributed by atoms with E-state index in [0.29, 0.717) is 31.7 Å². The van der Waals surface area contributed by atoms with Crippen LogP contribution in [0.4, 0.5) is 0 Å². The van der Waals surface area contributed by atoms with E-state index < -0.39 is 10.0 Å². The number of aliphatic imine (C=N–C) groups is 1. The molecule has 0 unspecified atom stereocenters. The second kappa shape index (κ2) is 12.5. The van der Waals surface area contributed by atoms with E-state index in [1.165, 1.54) is 18.4 Å². The number of aryl methyl sites for hydroxylation is 1. The summed E-state index contributed by atoms with van der Waals surface area (Å²) in [5.41, 5.74) is 2.23. The summed E-state index contributed by atoms with van der Waals surface area (Å²) < 4.78 is 30.9. The number of nitrogens with one attached hydrogen (secondary N) is 3. The van der Waals surface area contributed by atoms with Gasteiger partial charge in [-0.2, -0.15) is 0 Å². The first-order chi connectivity index (χ1) is 12.9. The van der Waals surface area contributed by atoms with Gasteiger partial charge >= 0.3 is 0 Å². The zero-order chi connectivity index (χ0) is 19.7. The molecule has 0 bridgehead atoms. The van der Waals surface area contributed by atoms with Crippen LogP contribution in [0.3, 0.4) is 0 Å². The lowest BCUT2D eigenvalue weighted by Crippen LogP contribution is -2.41. The molecule has 1 saturated carbocycles. The quantitative estimate of drug-likeness (QED) is 0.200. The van der Waals surface area contributed by atoms with E-state index in [4.69, 9.17) is 4.74 Å². The predicted molar refractivity (Wildman–Crippen MR) is 125 cm³/mol. The molecule has 1 aromatic rings. The predicted octanol–water partition coefficient (Wildman–Crippen LogP) is 2.54. The molecule has 0 amide bonds. The van der Waals surface area contributed by atoms with Crippen LogP contribution in [0.15, 0.2) is 23.2 Å². The molecule has 9 heteroatoms. The maximum Gasteiger partial charge on any atom is 0.208 e. The lowest BCUT2D eigenvalue weighted by Gasteiger charge is -2.17. The van der Waals surface area contributed by atoms with Gasteiger partial charge in [-0.05, 0) is 51.2 Å². The van der Waals surface area contributed by atoms with Crippen LogP contribution in [-0.2, 0) is 16.6 Å². The van der Waals surface area contributed by atoms with E-state index in [2.05, 4.69) is 45.5 Å². The highest BCUT2D eigenvalue weighted by molar-refractivity contribution is 14.0. The van der Waals surface area contributed by atoms with Crippen LogP contribution in [0.2, 0.25) is 0 Å². The van der Waals surface area contributed by atoms with Crippen molar-refractivity contribution in [2.24, 2.45) is 4.99 Å². The summed E-state index contributed by atoms with van der Waals surface area (Å²) in [5, 5.41) is 6.31. The molecule has 0 aromatic heterocycles. The number of benzene rings is 1. The van der Waals surface area contributed by atoms with E-state index in [1.54, 1.807) is 0 Å². The highest BCUT2D eigenvalue weighted by Gasteiger charge is 2.18. The van der Waals surface area contributed by atoms with Gasteiger partial charge in [0.2, 0.25) is 10.0 Å². The molecule has 1 aromatic carbocycles. The topological polar surface area (TPSA) is 91.8 Å². The standard InChI is InChI=1S/C19H32N4O3S.HI/c1-4-20-19(21-11-12-23-27(3,24)25)22-14-16-10-9-15(2)13-18(16)26-17-7-5-6-8-17;/h9-10,13,17,23H,4-8,11-12,14H2,1-3H3,(H2,20,21,22);1H. The molecule has 3 N–H and O–H groups in total. The fourth-order valence-corrected chi connectivity index (χ4v) is 3.48. The number of sulfonamides is 1. The average molecular weight is 524 g/mol. The smallest absolute Gasteiger partial charge is 0.208 e. The number of guanidine groups is 1. The molecule has 28 heavy (non-hydrogen) atoms. The lowest BCUT2D eigenvalue weighted by atomic mass is 10.1. The highest BCUT2D eigenvalue weighted by Crippen LogP contribution is 2.28. The molecular formula is C19H33IN4O3S. The molecule has 0 aliphatic heterocycles. The minimum absolute atomic E-state index is 0. The summed E-state index contributed by atoms with van der Waals surface area (Å²) in [6, 6.07) is 6.22. The minimum Gasteiger partial charge on any atom is -0.490 e. The van der Waals surface area contributed by atoms with Gasteiger partial charge in [0.1, 0.15) is 5.75 Å². The van der Waals surface area contributed by atoms with Crippen molar-refractivity contribution in [2.45, 2.75) is 52.2 Å². The van der Waals surface area contributed by atoms with Crippen molar-refractivity contribution in [2.75, 3.05) is 25.9 Å². The van der Waals surface area contributed by atoms with E-state index in [9.17, 15) is 8.42 Å². The Morgan fingerprint density at radius 2 is 1.93 bits per heavy atom. The fraction of sp³-hybridized carbons (Fsp3) is 0.632. The Balaban J connectivity index is 0.00000392. The van der Waals surface area contributed by atoms with E-state index >= 15 is 0 Å².